The fourth-order valence-electron chi connectivity index (χ4n) is 1.34. The SMILES string of the molecule is C=C(CC)CC(=O)c1cc(F)ccc1C. The third-order valence-electron chi connectivity index (χ3n) is 2.41. The zero-order valence-electron chi connectivity index (χ0n) is 9.14. The second kappa shape index (κ2) is 4.87. The first kappa shape index (κ1) is 11.6. The molecule has 0 fully saturated rings. The summed E-state index contributed by atoms with van der Waals surface area (Å²) in [7, 11) is 0. The van der Waals surface area contributed by atoms with Crippen molar-refractivity contribution in [2.75, 3.05) is 0 Å². The molecule has 0 aliphatic rings. The topological polar surface area (TPSA) is 17.1 Å². The molecule has 1 aromatic carbocycles. The number of allylic oxidation sites excluding steroid dienone is 1. The van der Waals surface area contributed by atoms with Gasteiger partial charge in [-0.25, -0.2) is 4.39 Å². The molecular formula is C13H15FO. The highest BCUT2D eigenvalue weighted by Gasteiger charge is 2.10. The zero-order valence-corrected chi connectivity index (χ0v) is 9.14. The summed E-state index contributed by atoms with van der Waals surface area (Å²) in [6.07, 6.45) is 1.08. The lowest BCUT2D eigenvalue weighted by Gasteiger charge is -2.05. The summed E-state index contributed by atoms with van der Waals surface area (Å²) in [5.41, 5.74) is 2.15. The highest BCUT2D eigenvalue weighted by molar-refractivity contribution is 5.98. The highest BCUT2D eigenvalue weighted by atomic mass is 19.1. The Kier molecular flexibility index (Phi) is 3.78. The molecule has 0 saturated carbocycles. The molecule has 0 spiro atoms. The van der Waals surface area contributed by atoms with Crippen molar-refractivity contribution in [1.82, 2.24) is 0 Å². The number of Topliss-reactive ketones (excluding diaryl/α,β-unsaturated/α-hetero) is 1. The van der Waals surface area contributed by atoms with Gasteiger partial charge < -0.3 is 0 Å². The maximum atomic E-state index is 13.0. The fraction of sp³-hybridized carbons (Fsp3) is 0.308. The Balaban J connectivity index is 2.91. The summed E-state index contributed by atoms with van der Waals surface area (Å²) in [5, 5.41) is 0. The van der Waals surface area contributed by atoms with E-state index in [-0.39, 0.29) is 11.6 Å². The molecule has 1 rings (SSSR count). The van der Waals surface area contributed by atoms with Gasteiger partial charge >= 0.3 is 0 Å². The summed E-state index contributed by atoms with van der Waals surface area (Å²) in [4.78, 5) is 11.8. The Morgan fingerprint density at radius 1 is 1.47 bits per heavy atom. The first-order valence-corrected chi connectivity index (χ1v) is 5.00. The number of rotatable bonds is 4. The number of benzene rings is 1. The normalized spacial score (nSPS) is 10.1. The number of hydrogen-bond acceptors (Lipinski definition) is 1. The van der Waals surface area contributed by atoms with Crippen molar-refractivity contribution in [3.05, 3.63) is 47.3 Å². The Morgan fingerprint density at radius 2 is 2.13 bits per heavy atom. The monoisotopic (exact) mass is 206 g/mol. The Hall–Kier alpha value is -1.44. The van der Waals surface area contributed by atoms with Crippen LogP contribution >= 0.6 is 0 Å². The smallest absolute Gasteiger partial charge is 0.167 e. The predicted molar refractivity (Wildman–Crippen MR) is 59.5 cm³/mol. The van der Waals surface area contributed by atoms with Crippen LogP contribution in [0.15, 0.2) is 30.4 Å². The maximum Gasteiger partial charge on any atom is 0.167 e. The van der Waals surface area contributed by atoms with Gasteiger partial charge in [0.2, 0.25) is 0 Å². The number of ketones is 1. The molecule has 0 bridgehead atoms. The van der Waals surface area contributed by atoms with Crippen molar-refractivity contribution in [2.24, 2.45) is 0 Å². The Morgan fingerprint density at radius 3 is 2.73 bits per heavy atom. The van der Waals surface area contributed by atoms with Crippen LogP contribution in [-0.4, -0.2) is 5.78 Å². The quantitative estimate of drug-likeness (QED) is 0.542. The molecule has 0 N–H and O–H groups in total. The Labute approximate surface area is 89.6 Å². The van der Waals surface area contributed by atoms with Gasteiger partial charge in [0.05, 0.1) is 0 Å². The molecule has 0 aliphatic carbocycles. The van der Waals surface area contributed by atoms with Crippen LogP contribution in [0.5, 0.6) is 0 Å². The van der Waals surface area contributed by atoms with Crippen LogP contribution in [0.25, 0.3) is 0 Å². The Bertz CT molecular complexity index is 394. The van der Waals surface area contributed by atoms with Crippen molar-refractivity contribution < 1.29 is 9.18 Å². The van der Waals surface area contributed by atoms with Crippen LogP contribution in [0.1, 0.15) is 35.7 Å². The third-order valence-corrected chi connectivity index (χ3v) is 2.41. The van der Waals surface area contributed by atoms with Gasteiger partial charge in [0, 0.05) is 12.0 Å². The molecule has 15 heavy (non-hydrogen) atoms. The molecule has 1 aromatic rings. The minimum Gasteiger partial charge on any atom is -0.294 e. The van der Waals surface area contributed by atoms with E-state index in [9.17, 15) is 9.18 Å². The van der Waals surface area contributed by atoms with Crippen LogP contribution in [0.2, 0.25) is 0 Å². The molecule has 0 amide bonds. The molecule has 0 radical (unpaired) electrons. The van der Waals surface area contributed by atoms with E-state index in [1.54, 1.807) is 13.0 Å². The summed E-state index contributed by atoms with van der Waals surface area (Å²) in [6, 6.07) is 4.28. The van der Waals surface area contributed by atoms with E-state index >= 15 is 0 Å². The molecule has 0 aromatic heterocycles. The average Bonchev–Trinajstić information content (AvgIpc) is 2.21. The van der Waals surface area contributed by atoms with Crippen molar-refractivity contribution in [2.45, 2.75) is 26.7 Å². The number of carbonyl (C=O) groups excluding carboxylic acids is 1. The van der Waals surface area contributed by atoms with Crippen molar-refractivity contribution in [3.63, 3.8) is 0 Å². The van der Waals surface area contributed by atoms with Gasteiger partial charge in [0.15, 0.2) is 5.78 Å². The molecule has 1 nitrogen and oxygen atoms in total. The van der Waals surface area contributed by atoms with Crippen molar-refractivity contribution >= 4 is 5.78 Å². The van der Waals surface area contributed by atoms with Gasteiger partial charge in [0.25, 0.3) is 0 Å². The van der Waals surface area contributed by atoms with Gasteiger partial charge in [-0.15, -0.1) is 0 Å². The predicted octanol–water partition coefficient (Wildman–Crippen LogP) is 3.67. The van der Waals surface area contributed by atoms with Crippen molar-refractivity contribution in [1.29, 1.82) is 0 Å². The summed E-state index contributed by atoms with van der Waals surface area (Å²) < 4.78 is 13.0. The molecule has 0 atom stereocenters. The number of carbonyl (C=O) groups is 1. The van der Waals surface area contributed by atoms with Gasteiger partial charge in [-0.1, -0.05) is 25.1 Å². The summed E-state index contributed by atoms with van der Waals surface area (Å²) >= 11 is 0. The minimum atomic E-state index is -0.369. The lowest BCUT2D eigenvalue weighted by atomic mass is 9.99. The van der Waals surface area contributed by atoms with E-state index in [0.29, 0.717) is 12.0 Å². The molecule has 2 heteroatoms. The molecule has 80 valence electrons. The average molecular weight is 206 g/mol. The van der Waals surface area contributed by atoms with Crippen LogP contribution in [-0.2, 0) is 0 Å². The first-order valence-electron chi connectivity index (χ1n) is 5.00. The van der Waals surface area contributed by atoms with E-state index in [2.05, 4.69) is 6.58 Å². The van der Waals surface area contributed by atoms with Crippen LogP contribution in [0.3, 0.4) is 0 Å². The first-order chi connectivity index (χ1) is 7.04. The molecular weight excluding hydrogens is 191 g/mol. The van der Waals surface area contributed by atoms with Crippen LogP contribution < -0.4 is 0 Å². The van der Waals surface area contributed by atoms with Gasteiger partial charge in [0.1, 0.15) is 5.82 Å². The minimum absolute atomic E-state index is 0.0566. The zero-order chi connectivity index (χ0) is 11.4. The summed E-state index contributed by atoms with van der Waals surface area (Å²) in [5.74, 6) is -0.426. The number of aryl methyl sites for hydroxylation is 1. The molecule has 0 saturated heterocycles. The second-order valence-corrected chi connectivity index (χ2v) is 3.66. The fourth-order valence-corrected chi connectivity index (χ4v) is 1.34. The van der Waals surface area contributed by atoms with Crippen molar-refractivity contribution in [3.8, 4) is 0 Å². The van der Waals surface area contributed by atoms with E-state index in [4.69, 9.17) is 0 Å². The largest absolute Gasteiger partial charge is 0.294 e. The highest BCUT2D eigenvalue weighted by Crippen LogP contribution is 2.15. The molecule has 0 unspecified atom stereocenters. The van der Waals surface area contributed by atoms with Gasteiger partial charge in [-0.05, 0) is 31.0 Å². The number of halogens is 1. The molecule has 0 heterocycles. The van der Waals surface area contributed by atoms with E-state index in [1.165, 1.54) is 12.1 Å². The second-order valence-electron chi connectivity index (χ2n) is 3.66. The lowest BCUT2D eigenvalue weighted by Crippen LogP contribution is -2.03. The van der Waals surface area contributed by atoms with E-state index in [0.717, 1.165) is 17.6 Å². The lowest BCUT2D eigenvalue weighted by molar-refractivity contribution is 0.0991. The van der Waals surface area contributed by atoms with Gasteiger partial charge in [-0.2, -0.15) is 0 Å². The van der Waals surface area contributed by atoms with Crippen LogP contribution in [0, 0.1) is 12.7 Å². The molecule has 0 aliphatic heterocycles. The number of hydrogen-bond donors (Lipinski definition) is 0. The van der Waals surface area contributed by atoms with E-state index < -0.39 is 0 Å². The maximum absolute atomic E-state index is 13.0. The third kappa shape index (κ3) is 3.01. The summed E-state index contributed by atoms with van der Waals surface area (Å²) in [6.45, 7) is 7.54. The van der Waals surface area contributed by atoms with E-state index in [1.807, 2.05) is 6.92 Å². The van der Waals surface area contributed by atoms with Gasteiger partial charge in [-0.3, -0.25) is 4.79 Å². The standard InChI is InChI=1S/C13H15FO/c1-4-9(2)7-13(15)12-8-11(14)6-5-10(12)3/h5-6,8H,2,4,7H2,1,3H3. The van der Waals surface area contributed by atoms with Crippen LogP contribution in [0.4, 0.5) is 4.39 Å².